The van der Waals surface area contributed by atoms with Crippen LogP contribution in [0.1, 0.15) is 38.5 Å². The van der Waals surface area contributed by atoms with E-state index in [4.69, 9.17) is 10.5 Å². The van der Waals surface area contributed by atoms with Crippen molar-refractivity contribution in [2.24, 2.45) is 23.5 Å². The minimum atomic E-state index is -3.45. The number of hydrogen-bond donors (Lipinski definition) is 1. The largest absolute Gasteiger partial charge is 0.469 e. The fraction of sp³-hybridized carbons (Fsp3) is 0.933. The molecule has 0 aromatic heterocycles. The number of sulfonamides is 1. The number of carbonyl (C=O) groups excluding carboxylic acids is 1. The molecule has 3 fully saturated rings. The summed E-state index contributed by atoms with van der Waals surface area (Å²) in [6, 6.07) is 0.118. The van der Waals surface area contributed by atoms with Crippen molar-refractivity contribution in [2.45, 2.75) is 49.8 Å². The van der Waals surface area contributed by atoms with Crippen molar-refractivity contribution >= 4 is 16.0 Å². The van der Waals surface area contributed by atoms with Gasteiger partial charge in [-0.3, -0.25) is 4.79 Å². The van der Waals surface area contributed by atoms with Crippen molar-refractivity contribution in [1.82, 2.24) is 4.31 Å². The smallest absolute Gasteiger partial charge is 0.310 e. The molecule has 22 heavy (non-hydrogen) atoms. The Morgan fingerprint density at radius 3 is 2.55 bits per heavy atom. The third-order valence-electron chi connectivity index (χ3n) is 5.83. The van der Waals surface area contributed by atoms with Gasteiger partial charge in [-0.1, -0.05) is 12.8 Å². The summed E-state index contributed by atoms with van der Waals surface area (Å²) in [5, 5.41) is -0.622. The van der Waals surface area contributed by atoms with Gasteiger partial charge in [-0.2, -0.15) is 0 Å². The molecule has 1 aliphatic heterocycles. The third kappa shape index (κ3) is 2.67. The van der Waals surface area contributed by atoms with Crippen LogP contribution in [0.15, 0.2) is 0 Å². The van der Waals surface area contributed by atoms with Crippen LogP contribution in [0, 0.1) is 17.8 Å². The number of nitrogens with two attached hydrogens (primary N) is 1. The molecule has 0 spiro atoms. The maximum atomic E-state index is 13.0. The average Bonchev–Trinajstić information content (AvgIpc) is 3.09. The van der Waals surface area contributed by atoms with Crippen LogP contribution in [0.5, 0.6) is 0 Å². The summed E-state index contributed by atoms with van der Waals surface area (Å²) in [4.78, 5) is 12.0. The van der Waals surface area contributed by atoms with Crippen LogP contribution >= 0.6 is 0 Å². The van der Waals surface area contributed by atoms with Gasteiger partial charge in [0.15, 0.2) is 0 Å². The van der Waals surface area contributed by atoms with E-state index < -0.39 is 21.2 Å². The van der Waals surface area contributed by atoms with E-state index in [0.29, 0.717) is 31.8 Å². The summed E-state index contributed by atoms with van der Waals surface area (Å²) < 4.78 is 32.5. The van der Waals surface area contributed by atoms with Gasteiger partial charge >= 0.3 is 5.97 Å². The molecule has 0 radical (unpaired) electrons. The lowest BCUT2D eigenvalue weighted by molar-refractivity contribution is -0.146. The lowest BCUT2D eigenvalue weighted by atomic mass is 9.89. The number of nitrogens with zero attached hydrogens (tertiary/aromatic N) is 1. The molecule has 2 aliphatic carbocycles. The molecule has 2 N–H and O–H groups in total. The molecule has 7 heteroatoms. The molecule has 5 unspecified atom stereocenters. The molecule has 126 valence electrons. The zero-order valence-corrected chi connectivity index (χ0v) is 13.9. The first-order chi connectivity index (χ1) is 10.4. The SMILES string of the molecule is COC(=O)C1CCCCC1S(=O)(=O)N1CC2CCC(N)C2C1. The van der Waals surface area contributed by atoms with E-state index in [1.807, 2.05) is 0 Å². The summed E-state index contributed by atoms with van der Waals surface area (Å²) in [7, 11) is -2.12. The number of methoxy groups -OCH3 is 1. The second-order valence-electron chi connectivity index (χ2n) is 6.98. The van der Waals surface area contributed by atoms with Crippen LogP contribution in [0.2, 0.25) is 0 Å². The molecule has 0 aromatic rings. The van der Waals surface area contributed by atoms with Crippen LogP contribution in [0.4, 0.5) is 0 Å². The van der Waals surface area contributed by atoms with E-state index >= 15 is 0 Å². The number of ether oxygens (including phenoxy) is 1. The van der Waals surface area contributed by atoms with Crippen LogP contribution in [-0.4, -0.2) is 50.2 Å². The van der Waals surface area contributed by atoms with Gasteiger partial charge < -0.3 is 10.5 Å². The van der Waals surface area contributed by atoms with Crippen LogP contribution in [0.25, 0.3) is 0 Å². The van der Waals surface area contributed by atoms with E-state index in [0.717, 1.165) is 25.7 Å². The van der Waals surface area contributed by atoms with Crippen LogP contribution in [0.3, 0.4) is 0 Å². The highest BCUT2D eigenvalue weighted by atomic mass is 32.2. The zero-order valence-electron chi connectivity index (χ0n) is 13.1. The fourth-order valence-corrected chi connectivity index (χ4v) is 6.83. The predicted molar refractivity (Wildman–Crippen MR) is 82.4 cm³/mol. The lowest BCUT2D eigenvalue weighted by Gasteiger charge is -2.32. The van der Waals surface area contributed by atoms with Crippen molar-refractivity contribution < 1.29 is 17.9 Å². The van der Waals surface area contributed by atoms with Gasteiger partial charge in [0.2, 0.25) is 10.0 Å². The van der Waals surface area contributed by atoms with E-state index in [9.17, 15) is 13.2 Å². The molecular formula is C15H26N2O4S. The van der Waals surface area contributed by atoms with Crippen LogP contribution < -0.4 is 5.73 Å². The van der Waals surface area contributed by atoms with E-state index in [-0.39, 0.29) is 17.9 Å². The zero-order chi connectivity index (χ0) is 15.9. The Labute approximate surface area is 132 Å². The van der Waals surface area contributed by atoms with E-state index in [2.05, 4.69) is 0 Å². The molecule has 0 bridgehead atoms. The van der Waals surface area contributed by atoms with Gasteiger partial charge in [-0.05, 0) is 37.5 Å². The van der Waals surface area contributed by atoms with Gasteiger partial charge in [0.05, 0.1) is 18.3 Å². The molecule has 2 saturated carbocycles. The van der Waals surface area contributed by atoms with Crippen molar-refractivity contribution in [2.75, 3.05) is 20.2 Å². The maximum Gasteiger partial charge on any atom is 0.310 e. The van der Waals surface area contributed by atoms with Gasteiger partial charge in [-0.25, -0.2) is 12.7 Å². The van der Waals surface area contributed by atoms with Gasteiger partial charge in [0.1, 0.15) is 0 Å². The number of fused-ring (bicyclic) bond motifs is 1. The average molecular weight is 330 g/mol. The second-order valence-corrected chi connectivity index (χ2v) is 9.13. The molecule has 5 atom stereocenters. The van der Waals surface area contributed by atoms with Crippen LogP contribution in [-0.2, 0) is 19.6 Å². The van der Waals surface area contributed by atoms with Crippen molar-refractivity contribution in [1.29, 1.82) is 0 Å². The molecule has 0 amide bonds. The van der Waals surface area contributed by atoms with E-state index in [1.54, 1.807) is 4.31 Å². The Morgan fingerprint density at radius 1 is 1.14 bits per heavy atom. The first kappa shape index (κ1) is 16.2. The highest BCUT2D eigenvalue weighted by Crippen LogP contribution is 2.41. The molecular weight excluding hydrogens is 304 g/mol. The predicted octanol–water partition coefficient (Wildman–Crippen LogP) is 0.717. The summed E-state index contributed by atoms with van der Waals surface area (Å²) in [6.07, 6.45) is 4.93. The van der Waals surface area contributed by atoms with Gasteiger partial charge in [0, 0.05) is 19.1 Å². The number of rotatable bonds is 3. The number of hydrogen-bond acceptors (Lipinski definition) is 5. The molecule has 0 aromatic carbocycles. The van der Waals surface area contributed by atoms with E-state index in [1.165, 1.54) is 7.11 Å². The Kier molecular flexibility index (Phi) is 4.49. The Bertz CT molecular complexity index is 536. The lowest BCUT2D eigenvalue weighted by Crippen LogP contribution is -2.46. The topological polar surface area (TPSA) is 89.7 Å². The highest BCUT2D eigenvalue weighted by molar-refractivity contribution is 7.89. The highest BCUT2D eigenvalue weighted by Gasteiger charge is 2.49. The maximum absolute atomic E-state index is 13.0. The molecule has 1 heterocycles. The summed E-state index contributed by atoms with van der Waals surface area (Å²) in [5.74, 6) is -0.220. The minimum Gasteiger partial charge on any atom is -0.469 e. The monoisotopic (exact) mass is 330 g/mol. The van der Waals surface area contributed by atoms with Crippen molar-refractivity contribution in [3.63, 3.8) is 0 Å². The Hall–Kier alpha value is -0.660. The molecule has 1 saturated heterocycles. The first-order valence-electron chi connectivity index (χ1n) is 8.27. The third-order valence-corrected chi connectivity index (χ3v) is 8.18. The Balaban J connectivity index is 1.78. The molecule has 6 nitrogen and oxygen atoms in total. The summed E-state index contributed by atoms with van der Waals surface area (Å²) >= 11 is 0. The quantitative estimate of drug-likeness (QED) is 0.770. The molecule has 3 rings (SSSR count). The standard InChI is InChI=1S/C15H26N2O4S/c1-21-15(18)11-4-2-3-5-14(11)22(19,20)17-8-10-6-7-13(16)12(10)9-17/h10-14H,2-9,16H2,1H3. The number of esters is 1. The van der Waals surface area contributed by atoms with Crippen molar-refractivity contribution in [3.8, 4) is 0 Å². The minimum absolute atomic E-state index is 0.118. The molecule has 3 aliphatic rings. The normalized spacial score (nSPS) is 39.6. The van der Waals surface area contributed by atoms with Gasteiger partial charge in [0.25, 0.3) is 0 Å². The fourth-order valence-electron chi connectivity index (χ4n) is 4.54. The summed E-state index contributed by atoms with van der Waals surface area (Å²) in [5.41, 5.74) is 6.11. The summed E-state index contributed by atoms with van der Waals surface area (Å²) in [6.45, 7) is 1.10. The Morgan fingerprint density at radius 2 is 1.86 bits per heavy atom. The second kappa shape index (κ2) is 6.09. The number of carbonyl (C=O) groups is 1. The van der Waals surface area contributed by atoms with Gasteiger partial charge in [-0.15, -0.1) is 0 Å². The first-order valence-corrected chi connectivity index (χ1v) is 9.78. The van der Waals surface area contributed by atoms with Crippen molar-refractivity contribution in [3.05, 3.63) is 0 Å².